The van der Waals surface area contributed by atoms with Gasteiger partial charge >= 0.3 is 15.0 Å². The Hall–Kier alpha value is -2.21. The number of aryl methyl sites for hydroxylation is 2. The summed E-state index contributed by atoms with van der Waals surface area (Å²) in [5.41, 5.74) is 4.36. The van der Waals surface area contributed by atoms with Gasteiger partial charge in [-0.1, -0.05) is 38.1 Å². The van der Waals surface area contributed by atoms with E-state index in [0.29, 0.717) is 5.92 Å². The van der Waals surface area contributed by atoms with Crippen molar-refractivity contribution in [2.24, 2.45) is 5.92 Å². The molecule has 4 aromatic rings. The van der Waals surface area contributed by atoms with Gasteiger partial charge in [0.1, 0.15) is 0 Å². The predicted molar refractivity (Wildman–Crippen MR) is 149 cm³/mol. The monoisotopic (exact) mass is 472 g/mol. The second-order valence-corrected chi connectivity index (χ2v) is 11.7. The van der Waals surface area contributed by atoms with E-state index in [2.05, 4.69) is 75.8 Å². The number of rotatable bonds is 8. The topological polar surface area (TPSA) is 70.3 Å². The summed E-state index contributed by atoms with van der Waals surface area (Å²) < 4.78 is 12.3. The molecule has 0 aliphatic rings. The Bertz CT molecular complexity index is 1390. The average Bonchev–Trinajstić information content (AvgIpc) is 3.26. The van der Waals surface area contributed by atoms with Crippen LogP contribution in [0.5, 0.6) is 0 Å². The lowest BCUT2D eigenvalue weighted by atomic mass is 9.84. The molecule has 2 aromatic carbocycles. The Morgan fingerprint density at radius 2 is 1.23 bits per heavy atom. The van der Waals surface area contributed by atoms with Crippen LogP contribution in [0, 0.1) is 19.8 Å². The van der Waals surface area contributed by atoms with Crippen LogP contribution in [-0.4, -0.2) is 46.8 Å². The lowest BCUT2D eigenvalue weighted by molar-refractivity contribution is -0.0893. The summed E-state index contributed by atoms with van der Waals surface area (Å²) in [4.78, 5) is 7.24. The molecule has 0 aliphatic heterocycles. The summed E-state index contributed by atoms with van der Waals surface area (Å²) >= 11 is 0. The molecule has 2 radical (unpaired) electrons. The van der Waals surface area contributed by atoms with Gasteiger partial charge in [0.2, 0.25) is 0 Å². The van der Waals surface area contributed by atoms with Crippen molar-refractivity contribution in [2.75, 3.05) is 0 Å². The lowest BCUT2D eigenvalue weighted by Gasteiger charge is -2.37. The number of hydrogen-bond acceptors (Lipinski definition) is 3. The van der Waals surface area contributed by atoms with Gasteiger partial charge < -0.3 is 24.4 Å². The molecule has 2 aromatic heterocycles. The number of H-pyrrole nitrogens is 2. The van der Waals surface area contributed by atoms with Gasteiger partial charge in [0.15, 0.2) is 0 Å². The predicted octanol–water partition coefficient (Wildman–Crippen LogP) is 4.93. The van der Waals surface area contributed by atoms with Crippen LogP contribution in [0.3, 0.4) is 0 Å². The zero-order chi connectivity index (χ0) is 25.9. The molecule has 2 heterocycles. The van der Waals surface area contributed by atoms with Crippen LogP contribution in [0.1, 0.15) is 66.5 Å². The van der Waals surface area contributed by atoms with Crippen LogP contribution in [0.4, 0.5) is 0 Å². The number of nitrogens with one attached hydrogen (secondary N) is 2. The van der Waals surface area contributed by atoms with Crippen molar-refractivity contribution in [3.63, 3.8) is 0 Å². The molecule has 0 saturated heterocycles. The highest BCUT2D eigenvalue weighted by Gasteiger charge is 2.36. The number of aliphatic hydroxyl groups is 1. The van der Waals surface area contributed by atoms with Crippen molar-refractivity contribution in [3.8, 4) is 0 Å². The van der Waals surface area contributed by atoms with Crippen LogP contribution in [-0.2, 0) is 9.31 Å². The van der Waals surface area contributed by atoms with Crippen molar-refractivity contribution in [3.05, 3.63) is 35.4 Å². The third-order valence-electron chi connectivity index (χ3n) is 8.14. The fourth-order valence-corrected chi connectivity index (χ4v) is 3.98. The molecule has 0 atom stereocenters. The van der Waals surface area contributed by atoms with Crippen molar-refractivity contribution >= 4 is 58.7 Å². The van der Waals surface area contributed by atoms with Crippen molar-refractivity contribution < 1.29 is 14.4 Å². The minimum absolute atomic E-state index is 0.253. The van der Waals surface area contributed by atoms with Crippen molar-refractivity contribution in [1.29, 1.82) is 0 Å². The lowest BCUT2D eigenvalue weighted by Crippen LogP contribution is -2.49. The second-order valence-electron chi connectivity index (χ2n) is 11.7. The first kappa shape index (κ1) is 25.9. The highest BCUT2D eigenvalue weighted by atomic mass is 16.5. The molecule has 35 heavy (non-hydrogen) atoms. The highest BCUT2D eigenvalue weighted by molar-refractivity contribution is 6.49. The van der Waals surface area contributed by atoms with Crippen LogP contribution in [0.25, 0.3) is 32.6 Å². The van der Waals surface area contributed by atoms with Gasteiger partial charge in [-0.05, 0) is 77.8 Å². The summed E-state index contributed by atoms with van der Waals surface area (Å²) in [6.45, 7) is 20.1. The van der Waals surface area contributed by atoms with E-state index in [9.17, 15) is 5.11 Å². The Morgan fingerprint density at radius 1 is 0.771 bits per heavy atom. The van der Waals surface area contributed by atoms with E-state index in [1.54, 1.807) is 21.3 Å². The summed E-state index contributed by atoms with van der Waals surface area (Å²) in [6, 6.07) is 8.68. The number of fused-ring (bicyclic) bond motifs is 5. The molecule has 184 valence electrons. The third-order valence-corrected chi connectivity index (χ3v) is 8.14. The van der Waals surface area contributed by atoms with Crippen LogP contribution < -0.4 is 11.2 Å². The van der Waals surface area contributed by atoms with E-state index in [1.807, 2.05) is 21.3 Å². The molecule has 0 bridgehead atoms. The smallest absolute Gasteiger partial charge is 0.348 e. The van der Waals surface area contributed by atoms with Gasteiger partial charge in [-0.25, -0.2) is 0 Å². The Balaban J connectivity index is 1.79. The normalized spacial score (nSPS) is 13.5. The highest BCUT2D eigenvalue weighted by Crippen LogP contribution is 2.33. The molecule has 4 rings (SSSR count). The molecule has 3 N–H and O–H groups in total. The maximum Gasteiger partial charge on any atom is 0.348 e. The average molecular weight is 472 g/mol. The van der Waals surface area contributed by atoms with E-state index in [1.165, 1.54) is 10.9 Å². The number of aromatic amines is 2. The minimum atomic E-state index is -0.983. The molecular formula is C28H38B2N2O3. The van der Waals surface area contributed by atoms with Crippen LogP contribution >= 0.6 is 0 Å². The fourth-order valence-electron chi connectivity index (χ4n) is 3.98. The summed E-state index contributed by atoms with van der Waals surface area (Å²) in [5, 5.41) is 15.1. The molecule has 7 heteroatoms. The van der Waals surface area contributed by atoms with E-state index in [0.717, 1.165) is 43.9 Å². The van der Waals surface area contributed by atoms with Gasteiger partial charge in [0.05, 0.1) is 22.2 Å². The molecule has 5 nitrogen and oxygen atoms in total. The van der Waals surface area contributed by atoms with E-state index >= 15 is 0 Å². The summed E-state index contributed by atoms with van der Waals surface area (Å²) in [6.07, 6.45) is 0. The molecule has 0 amide bonds. The maximum absolute atomic E-state index is 10.5. The fraction of sp³-hybridized carbons (Fsp3) is 0.500. The molecule has 0 unspecified atom stereocenters. The molecular weight excluding hydrogens is 434 g/mol. The zero-order valence-electron chi connectivity index (χ0n) is 22.8. The van der Waals surface area contributed by atoms with Gasteiger partial charge in [-0.2, -0.15) is 0 Å². The van der Waals surface area contributed by atoms with Crippen molar-refractivity contribution in [1.82, 2.24) is 9.97 Å². The standard InChI is InChI=1S/C28H38B2N2O3/c1-15(2)26(5,6)34-29-24-16(3)19-13-11-18-12-14-20-17(4)25(30-35-28(9,10)27(7,8)33)32-23(20)21(18)22(19)31-24/h11-15,31-33H,1-10H3. The minimum Gasteiger partial charge on any atom is -0.428 e. The number of hydrogen-bond donors (Lipinski definition) is 3. The quantitative estimate of drug-likeness (QED) is 0.319. The number of aromatic nitrogens is 2. The SMILES string of the molecule is Cc1c([B]OC(C)(C)C(C)C)[nH]c2c1ccc1ccc3c(C)c([B]OC(C)(C)C(C)(C)O)[nH]c3c12. The van der Waals surface area contributed by atoms with Gasteiger partial charge in [-0.3, -0.25) is 0 Å². The van der Waals surface area contributed by atoms with Gasteiger partial charge in [-0.15, -0.1) is 0 Å². The maximum atomic E-state index is 10.5. The summed E-state index contributed by atoms with van der Waals surface area (Å²) in [7, 11) is 3.60. The van der Waals surface area contributed by atoms with Crippen LogP contribution in [0.2, 0.25) is 0 Å². The zero-order valence-corrected chi connectivity index (χ0v) is 22.8. The van der Waals surface area contributed by atoms with E-state index < -0.39 is 11.2 Å². The largest absolute Gasteiger partial charge is 0.428 e. The van der Waals surface area contributed by atoms with Gasteiger partial charge in [0.25, 0.3) is 0 Å². The Kier molecular flexibility index (Phi) is 6.45. The van der Waals surface area contributed by atoms with E-state index in [-0.39, 0.29) is 5.60 Å². The Morgan fingerprint density at radius 3 is 1.66 bits per heavy atom. The van der Waals surface area contributed by atoms with Gasteiger partial charge in [0, 0.05) is 32.9 Å². The first-order chi connectivity index (χ1) is 16.1. The summed E-state index contributed by atoms with van der Waals surface area (Å²) in [5.74, 6) is 0.393. The van der Waals surface area contributed by atoms with Crippen LogP contribution in [0.15, 0.2) is 24.3 Å². The number of benzene rings is 2. The molecule has 0 aliphatic carbocycles. The molecule has 0 fully saturated rings. The first-order valence-electron chi connectivity index (χ1n) is 12.4. The Labute approximate surface area is 210 Å². The second kappa shape index (κ2) is 8.72. The molecule has 0 spiro atoms. The van der Waals surface area contributed by atoms with Crippen molar-refractivity contribution in [2.45, 2.75) is 86.0 Å². The molecule has 0 saturated carbocycles. The van der Waals surface area contributed by atoms with E-state index in [4.69, 9.17) is 9.31 Å². The third kappa shape index (κ3) is 4.54. The first-order valence-corrected chi connectivity index (χ1v) is 12.4.